The second-order valence-corrected chi connectivity index (χ2v) is 5.94. The molecule has 0 spiro atoms. The van der Waals surface area contributed by atoms with Gasteiger partial charge in [-0.3, -0.25) is 0 Å². The van der Waals surface area contributed by atoms with Gasteiger partial charge in [0.05, 0.1) is 0 Å². The molecule has 0 amide bonds. The van der Waals surface area contributed by atoms with Crippen molar-refractivity contribution in [1.29, 1.82) is 0 Å². The van der Waals surface area contributed by atoms with E-state index in [0.717, 1.165) is 17.3 Å². The zero-order chi connectivity index (χ0) is 14.1. The summed E-state index contributed by atoms with van der Waals surface area (Å²) in [5.74, 6) is 2.22. The Morgan fingerprint density at radius 2 is 2.00 bits per heavy atom. The molecule has 4 nitrogen and oxygen atoms in total. The number of benzene rings is 1. The van der Waals surface area contributed by atoms with Gasteiger partial charge in [0.25, 0.3) is 0 Å². The molecule has 0 saturated heterocycles. The summed E-state index contributed by atoms with van der Waals surface area (Å²) in [4.78, 5) is 8.74. The SMILES string of the molecule is CC(C)c1nc(N)cc(Nc2ccc3sccc3c2)n1. The number of hydrogen-bond acceptors (Lipinski definition) is 5. The third-order valence-electron chi connectivity index (χ3n) is 3.00. The second kappa shape index (κ2) is 5.09. The lowest BCUT2D eigenvalue weighted by Gasteiger charge is -2.10. The first-order chi connectivity index (χ1) is 9.61. The van der Waals surface area contributed by atoms with Crippen LogP contribution in [0.1, 0.15) is 25.6 Å². The molecule has 0 radical (unpaired) electrons. The fourth-order valence-electron chi connectivity index (χ4n) is 2.00. The normalized spacial score (nSPS) is 11.2. The molecule has 1 aromatic carbocycles. The molecule has 0 fully saturated rings. The molecule has 2 heterocycles. The lowest BCUT2D eigenvalue weighted by Crippen LogP contribution is -2.04. The monoisotopic (exact) mass is 284 g/mol. The molecule has 0 unspecified atom stereocenters. The summed E-state index contributed by atoms with van der Waals surface area (Å²) in [6.07, 6.45) is 0. The summed E-state index contributed by atoms with van der Waals surface area (Å²) in [6, 6.07) is 10.1. The summed E-state index contributed by atoms with van der Waals surface area (Å²) in [7, 11) is 0. The second-order valence-electron chi connectivity index (χ2n) is 4.99. The third kappa shape index (κ3) is 2.58. The molecule has 0 bridgehead atoms. The number of thiophene rings is 1. The Labute approximate surface area is 121 Å². The van der Waals surface area contributed by atoms with E-state index in [1.165, 1.54) is 10.1 Å². The lowest BCUT2D eigenvalue weighted by molar-refractivity contribution is 0.779. The van der Waals surface area contributed by atoms with Gasteiger partial charge in [-0.1, -0.05) is 13.8 Å². The van der Waals surface area contributed by atoms with Gasteiger partial charge >= 0.3 is 0 Å². The van der Waals surface area contributed by atoms with Crippen LogP contribution in [0.3, 0.4) is 0 Å². The first-order valence-corrected chi connectivity index (χ1v) is 7.38. The van der Waals surface area contributed by atoms with Crippen LogP contribution < -0.4 is 11.1 Å². The van der Waals surface area contributed by atoms with Crippen LogP contribution in [0.25, 0.3) is 10.1 Å². The van der Waals surface area contributed by atoms with Gasteiger partial charge in [0.1, 0.15) is 17.5 Å². The number of aromatic nitrogens is 2. The van der Waals surface area contributed by atoms with Crippen LogP contribution in [0.4, 0.5) is 17.3 Å². The Balaban J connectivity index is 1.93. The highest BCUT2D eigenvalue weighted by Gasteiger charge is 2.07. The van der Waals surface area contributed by atoms with Gasteiger partial charge in [0.15, 0.2) is 0 Å². The molecular weight excluding hydrogens is 268 g/mol. The van der Waals surface area contributed by atoms with E-state index in [4.69, 9.17) is 5.73 Å². The van der Waals surface area contributed by atoms with Crippen LogP contribution in [0.2, 0.25) is 0 Å². The van der Waals surface area contributed by atoms with Gasteiger partial charge in [-0.25, -0.2) is 9.97 Å². The van der Waals surface area contributed by atoms with E-state index in [1.54, 1.807) is 17.4 Å². The zero-order valence-corrected chi connectivity index (χ0v) is 12.2. The van der Waals surface area contributed by atoms with Crippen LogP contribution in [-0.2, 0) is 0 Å². The van der Waals surface area contributed by atoms with Crippen LogP contribution >= 0.6 is 11.3 Å². The van der Waals surface area contributed by atoms with Crippen LogP contribution in [0.15, 0.2) is 35.7 Å². The molecule has 0 saturated carbocycles. The summed E-state index contributed by atoms with van der Waals surface area (Å²) >= 11 is 1.74. The average molecular weight is 284 g/mol. The van der Waals surface area contributed by atoms with Crippen molar-refractivity contribution in [1.82, 2.24) is 9.97 Å². The van der Waals surface area contributed by atoms with Crippen molar-refractivity contribution in [2.75, 3.05) is 11.1 Å². The molecule has 20 heavy (non-hydrogen) atoms. The molecule has 0 atom stereocenters. The maximum atomic E-state index is 5.84. The van der Waals surface area contributed by atoms with Crippen LogP contribution in [-0.4, -0.2) is 9.97 Å². The van der Waals surface area contributed by atoms with Crippen molar-refractivity contribution in [2.24, 2.45) is 0 Å². The largest absolute Gasteiger partial charge is 0.384 e. The number of nitrogen functional groups attached to an aromatic ring is 1. The van der Waals surface area contributed by atoms with Crippen molar-refractivity contribution in [3.05, 3.63) is 41.5 Å². The molecule has 3 rings (SSSR count). The maximum absolute atomic E-state index is 5.84. The van der Waals surface area contributed by atoms with Crippen molar-refractivity contribution in [3.8, 4) is 0 Å². The fourth-order valence-corrected chi connectivity index (χ4v) is 2.77. The van der Waals surface area contributed by atoms with Crippen LogP contribution in [0.5, 0.6) is 0 Å². The Hall–Kier alpha value is -2.14. The predicted molar refractivity (Wildman–Crippen MR) is 85.6 cm³/mol. The first-order valence-electron chi connectivity index (χ1n) is 6.50. The molecule has 0 aliphatic carbocycles. The fraction of sp³-hybridized carbons (Fsp3) is 0.200. The minimum atomic E-state index is 0.249. The Bertz CT molecular complexity index is 748. The smallest absolute Gasteiger partial charge is 0.136 e. The van der Waals surface area contributed by atoms with E-state index in [1.807, 2.05) is 6.07 Å². The van der Waals surface area contributed by atoms with E-state index in [0.29, 0.717) is 5.82 Å². The van der Waals surface area contributed by atoms with E-state index in [-0.39, 0.29) is 5.92 Å². The lowest BCUT2D eigenvalue weighted by atomic mass is 10.2. The first kappa shape index (κ1) is 12.9. The van der Waals surface area contributed by atoms with E-state index in [9.17, 15) is 0 Å². The van der Waals surface area contributed by atoms with E-state index in [2.05, 4.69) is 52.7 Å². The standard InChI is InChI=1S/C15H16N4S/c1-9(2)15-18-13(16)8-14(19-15)17-11-3-4-12-10(7-11)5-6-20-12/h3-9H,1-2H3,(H3,16,17,18,19). The molecular formula is C15H16N4S. The Morgan fingerprint density at radius 1 is 1.15 bits per heavy atom. The number of nitrogens with one attached hydrogen (secondary N) is 1. The summed E-state index contributed by atoms with van der Waals surface area (Å²) in [5, 5.41) is 6.61. The van der Waals surface area contributed by atoms with Gasteiger partial charge in [0.2, 0.25) is 0 Å². The zero-order valence-electron chi connectivity index (χ0n) is 11.4. The van der Waals surface area contributed by atoms with Gasteiger partial charge in [-0.05, 0) is 35.0 Å². The minimum Gasteiger partial charge on any atom is -0.384 e. The van der Waals surface area contributed by atoms with Crippen molar-refractivity contribution in [2.45, 2.75) is 19.8 Å². The summed E-state index contributed by atoms with van der Waals surface area (Å²) in [6.45, 7) is 4.10. The highest BCUT2D eigenvalue weighted by molar-refractivity contribution is 7.17. The number of anilines is 3. The number of fused-ring (bicyclic) bond motifs is 1. The number of nitrogens with zero attached hydrogens (tertiary/aromatic N) is 2. The molecule has 3 aromatic rings. The van der Waals surface area contributed by atoms with Gasteiger partial charge in [-0.15, -0.1) is 11.3 Å². The highest BCUT2D eigenvalue weighted by Crippen LogP contribution is 2.26. The van der Waals surface area contributed by atoms with Crippen LogP contribution in [0, 0.1) is 0 Å². The Kier molecular flexibility index (Phi) is 3.28. The number of hydrogen-bond donors (Lipinski definition) is 2. The Morgan fingerprint density at radius 3 is 2.80 bits per heavy atom. The van der Waals surface area contributed by atoms with Gasteiger partial charge in [-0.2, -0.15) is 0 Å². The minimum absolute atomic E-state index is 0.249. The van der Waals surface area contributed by atoms with Crippen molar-refractivity contribution < 1.29 is 0 Å². The maximum Gasteiger partial charge on any atom is 0.136 e. The molecule has 102 valence electrons. The highest BCUT2D eigenvalue weighted by atomic mass is 32.1. The summed E-state index contributed by atoms with van der Waals surface area (Å²) in [5.41, 5.74) is 6.84. The molecule has 0 aliphatic heterocycles. The molecule has 2 aromatic heterocycles. The van der Waals surface area contributed by atoms with Crippen molar-refractivity contribution >= 4 is 38.7 Å². The van der Waals surface area contributed by atoms with Gasteiger partial charge < -0.3 is 11.1 Å². The number of nitrogens with two attached hydrogens (primary N) is 1. The predicted octanol–water partition coefficient (Wildman–Crippen LogP) is 4.14. The number of rotatable bonds is 3. The van der Waals surface area contributed by atoms with E-state index >= 15 is 0 Å². The van der Waals surface area contributed by atoms with Gasteiger partial charge in [0, 0.05) is 22.4 Å². The molecule has 3 N–H and O–H groups in total. The molecule has 0 aliphatic rings. The summed E-state index contributed by atoms with van der Waals surface area (Å²) < 4.78 is 1.28. The van der Waals surface area contributed by atoms with E-state index < -0.39 is 0 Å². The molecule has 5 heteroatoms. The quantitative estimate of drug-likeness (QED) is 0.758. The topological polar surface area (TPSA) is 63.8 Å². The van der Waals surface area contributed by atoms with Crippen molar-refractivity contribution in [3.63, 3.8) is 0 Å². The third-order valence-corrected chi connectivity index (χ3v) is 3.90. The average Bonchev–Trinajstić information content (AvgIpc) is 2.85.